The molecule has 32 heavy (non-hydrogen) atoms. The molecule has 0 radical (unpaired) electrons. The van der Waals surface area contributed by atoms with Gasteiger partial charge in [0.2, 0.25) is 5.95 Å². The first-order chi connectivity index (χ1) is 15.3. The first-order valence-electron chi connectivity index (χ1n) is 11.4. The summed E-state index contributed by atoms with van der Waals surface area (Å²) in [6.45, 7) is 10.7. The molecule has 1 fully saturated rings. The number of fused-ring (bicyclic) bond motifs is 1. The molecule has 168 valence electrons. The molecule has 5 rings (SSSR count). The molecule has 1 saturated heterocycles. The fourth-order valence-electron chi connectivity index (χ4n) is 4.40. The van der Waals surface area contributed by atoms with Gasteiger partial charge in [-0.25, -0.2) is 15.0 Å². The van der Waals surface area contributed by atoms with Crippen molar-refractivity contribution in [3.63, 3.8) is 0 Å². The molecule has 0 saturated carbocycles. The van der Waals surface area contributed by atoms with Gasteiger partial charge in [-0.05, 0) is 44.1 Å². The molecule has 0 bridgehead atoms. The van der Waals surface area contributed by atoms with E-state index in [4.69, 9.17) is 24.7 Å². The summed E-state index contributed by atoms with van der Waals surface area (Å²) >= 11 is 0. The van der Waals surface area contributed by atoms with Gasteiger partial charge in [-0.15, -0.1) is 0 Å². The van der Waals surface area contributed by atoms with Gasteiger partial charge in [0, 0.05) is 25.4 Å². The second kappa shape index (κ2) is 7.92. The van der Waals surface area contributed by atoms with Crippen LogP contribution in [0.25, 0.3) is 16.7 Å². The van der Waals surface area contributed by atoms with Crippen molar-refractivity contribution in [2.45, 2.75) is 53.1 Å². The summed E-state index contributed by atoms with van der Waals surface area (Å²) in [5, 5.41) is 4.30. The van der Waals surface area contributed by atoms with Crippen molar-refractivity contribution in [1.82, 2.24) is 29.7 Å². The Bertz CT molecular complexity index is 1200. The van der Waals surface area contributed by atoms with E-state index in [-0.39, 0.29) is 6.10 Å². The predicted molar refractivity (Wildman–Crippen MR) is 124 cm³/mol. The van der Waals surface area contributed by atoms with Crippen molar-refractivity contribution in [1.29, 1.82) is 0 Å². The quantitative estimate of drug-likeness (QED) is 0.619. The fraction of sp³-hybridized carbons (Fsp3) is 0.542. The summed E-state index contributed by atoms with van der Waals surface area (Å²) in [6, 6.07) is 0. The van der Waals surface area contributed by atoms with Crippen molar-refractivity contribution in [3.8, 4) is 0 Å². The van der Waals surface area contributed by atoms with E-state index in [0.717, 1.165) is 54.0 Å². The number of nitrogens with zero attached hydrogens (tertiary/aromatic N) is 7. The van der Waals surface area contributed by atoms with E-state index in [1.54, 1.807) is 4.68 Å². The maximum absolute atomic E-state index is 6.03. The third-order valence-electron chi connectivity index (χ3n) is 6.65. The lowest BCUT2D eigenvalue weighted by Gasteiger charge is -2.33. The zero-order chi connectivity index (χ0) is 22.5. The van der Waals surface area contributed by atoms with Crippen LogP contribution >= 0.6 is 0 Å². The van der Waals surface area contributed by atoms with Crippen molar-refractivity contribution < 1.29 is 4.74 Å². The van der Waals surface area contributed by atoms with Gasteiger partial charge < -0.3 is 9.64 Å². The number of hydrogen-bond acceptors (Lipinski definition) is 7. The van der Waals surface area contributed by atoms with Crippen LogP contribution in [0.15, 0.2) is 18.5 Å². The lowest BCUT2D eigenvalue weighted by Crippen LogP contribution is -2.39. The van der Waals surface area contributed by atoms with E-state index in [2.05, 4.69) is 29.9 Å². The Morgan fingerprint density at radius 1 is 1.09 bits per heavy atom. The molecule has 1 atom stereocenters. The monoisotopic (exact) mass is 433 g/mol. The molecule has 2 aliphatic rings. The molecular formula is C24H31N7O. The van der Waals surface area contributed by atoms with Crippen LogP contribution in [0.3, 0.4) is 0 Å². The fourth-order valence-corrected chi connectivity index (χ4v) is 4.40. The van der Waals surface area contributed by atoms with Gasteiger partial charge in [-0.1, -0.05) is 19.9 Å². The highest BCUT2D eigenvalue weighted by atomic mass is 16.5. The van der Waals surface area contributed by atoms with Gasteiger partial charge in [0.1, 0.15) is 11.6 Å². The molecule has 8 nitrogen and oxygen atoms in total. The highest BCUT2D eigenvalue weighted by Crippen LogP contribution is 2.39. The number of aromatic nitrogens is 6. The molecule has 0 spiro atoms. The van der Waals surface area contributed by atoms with Crippen molar-refractivity contribution in [2.75, 3.05) is 24.6 Å². The third-order valence-corrected chi connectivity index (χ3v) is 6.65. The lowest BCUT2D eigenvalue weighted by atomic mass is 9.77. The molecule has 0 aromatic carbocycles. The maximum Gasteiger partial charge on any atom is 0.228 e. The number of hydrogen-bond donors (Lipinski definition) is 0. The summed E-state index contributed by atoms with van der Waals surface area (Å²) in [5.74, 6) is 0.702. The number of allylic oxidation sites excluding steroid dienone is 2. The molecule has 0 amide bonds. The van der Waals surface area contributed by atoms with Crippen LogP contribution in [0.2, 0.25) is 0 Å². The molecule has 0 N–H and O–H groups in total. The summed E-state index contributed by atoms with van der Waals surface area (Å²) in [7, 11) is 1.92. The summed E-state index contributed by atoms with van der Waals surface area (Å²) in [5.41, 5.74) is 6.89. The van der Waals surface area contributed by atoms with Gasteiger partial charge >= 0.3 is 0 Å². The summed E-state index contributed by atoms with van der Waals surface area (Å²) in [6.07, 6.45) is 9.33. The first kappa shape index (κ1) is 21.0. The highest BCUT2D eigenvalue weighted by molar-refractivity contribution is 5.86. The summed E-state index contributed by atoms with van der Waals surface area (Å²) < 4.78 is 7.84. The van der Waals surface area contributed by atoms with Gasteiger partial charge in [0.15, 0.2) is 5.65 Å². The Kier molecular flexibility index (Phi) is 5.20. The molecule has 3 aromatic heterocycles. The van der Waals surface area contributed by atoms with Crippen LogP contribution < -0.4 is 4.90 Å². The second-order valence-corrected chi connectivity index (χ2v) is 9.79. The van der Waals surface area contributed by atoms with Crippen LogP contribution in [-0.2, 0) is 11.8 Å². The minimum Gasteiger partial charge on any atom is -0.370 e. The van der Waals surface area contributed by atoms with Crippen LogP contribution in [0, 0.1) is 19.3 Å². The minimum absolute atomic E-state index is 0.0549. The zero-order valence-electron chi connectivity index (χ0n) is 19.6. The normalized spacial score (nSPS) is 21.1. The van der Waals surface area contributed by atoms with Crippen molar-refractivity contribution >= 4 is 22.7 Å². The Balaban J connectivity index is 1.56. The number of aryl methyl sites for hydroxylation is 3. The third kappa shape index (κ3) is 3.99. The number of ether oxygens (including phenoxy) is 1. The first-order valence-corrected chi connectivity index (χ1v) is 11.4. The van der Waals surface area contributed by atoms with Crippen LogP contribution in [0.1, 0.15) is 61.9 Å². The van der Waals surface area contributed by atoms with E-state index in [1.807, 2.05) is 33.3 Å². The average molecular weight is 434 g/mol. The average Bonchev–Trinajstić information content (AvgIpc) is 3.21. The van der Waals surface area contributed by atoms with Gasteiger partial charge in [-0.3, -0.25) is 4.68 Å². The molecule has 3 aromatic rings. The largest absolute Gasteiger partial charge is 0.370 e. The van der Waals surface area contributed by atoms with E-state index in [0.29, 0.717) is 30.2 Å². The molecule has 0 unspecified atom stereocenters. The predicted octanol–water partition coefficient (Wildman–Crippen LogP) is 3.94. The Morgan fingerprint density at radius 3 is 2.62 bits per heavy atom. The topological polar surface area (TPSA) is 81.9 Å². The van der Waals surface area contributed by atoms with Crippen molar-refractivity contribution in [3.05, 3.63) is 41.1 Å². The molecule has 1 aliphatic carbocycles. The van der Waals surface area contributed by atoms with Gasteiger partial charge in [0.05, 0.1) is 36.4 Å². The number of anilines is 1. The van der Waals surface area contributed by atoms with Gasteiger partial charge in [-0.2, -0.15) is 10.1 Å². The maximum atomic E-state index is 6.03. The van der Waals surface area contributed by atoms with Crippen LogP contribution in [0.4, 0.5) is 5.95 Å². The second-order valence-electron chi connectivity index (χ2n) is 9.79. The number of rotatable bonds is 3. The van der Waals surface area contributed by atoms with E-state index in [1.165, 1.54) is 5.57 Å². The molecule has 1 aliphatic heterocycles. The van der Waals surface area contributed by atoms with Gasteiger partial charge in [0.25, 0.3) is 0 Å². The number of morpholine rings is 1. The highest BCUT2D eigenvalue weighted by Gasteiger charge is 2.28. The minimum atomic E-state index is -0.0549. The smallest absolute Gasteiger partial charge is 0.228 e. The SMILES string of the molecule is Cc1nc2nc(N3CCO[C@@H](c4cnn(C)c4)C3)nc(C3=CCC(C)(C)CC3)c2nc1C. The lowest BCUT2D eigenvalue weighted by molar-refractivity contribution is 0.0392. The molecule has 8 heteroatoms. The molecular weight excluding hydrogens is 402 g/mol. The Labute approximate surface area is 188 Å². The van der Waals surface area contributed by atoms with E-state index >= 15 is 0 Å². The van der Waals surface area contributed by atoms with Crippen LogP contribution in [0.5, 0.6) is 0 Å². The Hall–Kier alpha value is -2.87. The summed E-state index contributed by atoms with van der Waals surface area (Å²) in [4.78, 5) is 21.8. The van der Waals surface area contributed by atoms with E-state index < -0.39 is 0 Å². The van der Waals surface area contributed by atoms with Crippen molar-refractivity contribution in [2.24, 2.45) is 12.5 Å². The zero-order valence-corrected chi connectivity index (χ0v) is 19.6. The standard InChI is InChI=1S/C24H31N7O/c1-15-16(2)27-22-21(26-15)20(17-6-8-24(3,4)9-7-17)28-23(29-22)31-10-11-32-19(14-31)18-12-25-30(5)13-18/h6,12-13,19H,7-11,14H2,1-5H3/t19-/m1/s1. The molecule has 4 heterocycles. The van der Waals surface area contributed by atoms with Crippen LogP contribution in [-0.4, -0.2) is 49.4 Å². The Morgan fingerprint density at radius 2 is 1.91 bits per heavy atom. The van der Waals surface area contributed by atoms with E-state index in [9.17, 15) is 0 Å².